The third-order valence-electron chi connectivity index (χ3n) is 2.46. The highest BCUT2D eigenvalue weighted by Crippen LogP contribution is 2.37. The first-order chi connectivity index (χ1) is 7.65. The molecule has 0 amide bonds. The summed E-state index contributed by atoms with van der Waals surface area (Å²) in [7, 11) is 3.37. The van der Waals surface area contributed by atoms with Crippen LogP contribution in [0.2, 0.25) is 5.02 Å². The Morgan fingerprint density at radius 2 is 2.12 bits per heavy atom. The summed E-state index contributed by atoms with van der Waals surface area (Å²) in [5.41, 5.74) is 7.53. The fourth-order valence-electron chi connectivity index (χ4n) is 1.53. The Morgan fingerprint density at radius 1 is 1.38 bits per heavy atom. The Kier molecular flexibility index (Phi) is 2.75. The van der Waals surface area contributed by atoms with Crippen molar-refractivity contribution in [1.29, 1.82) is 0 Å². The zero-order valence-electron chi connectivity index (χ0n) is 9.07. The van der Waals surface area contributed by atoms with Crippen LogP contribution in [-0.4, -0.2) is 16.9 Å². The van der Waals surface area contributed by atoms with Gasteiger partial charge in [0.05, 0.1) is 18.3 Å². The number of aromatic nitrogens is 2. The van der Waals surface area contributed by atoms with Crippen molar-refractivity contribution in [2.24, 2.45) is 7.05 Å². The summed E-state index contributed by atoms with van der Waals surface area (Å²) in [6.07, 6.45) is 1.69. The normalized spacial score (nSPS) is 10.4. The van der Waals surface area contributed by atoms with Crippen LogP contribution in [0.5, 0.6) is 5.75 Å². The van der Waals surface area contributed by atoms with Crippen LogP contribution in [0, 0.1) is 0 Å². The number of hydrogen-bond donors (Lipinski definition) is 1. The molecule has 0 saturated carbocycles. The van der Waals surface area contributed by atoms with Gasteiger partial charge in [0.15, 0.2) is 0 Å². The van der Waals surface area contributed by atoms with Gasteiger partial charge in [-0.25, -0.2) is 0 Å². The minimum absolute atomic E-state index is 0.546. The molecule has 1 aromatic carbocycles. The van der Waals surface area contributed by atoms with Gasteiger partial charge in [0.2, 0.25) is 0 Å². The monoisotopic (exact) mass is 237 g/mol. The molecule has 0 atom stereocenters. The highest BCUT2D eigenvalue weighted by atomic mass is 35.5. The molecule has 0 unspecified atom stereocenters. The van der Waals surface area contributed by atoms with Gasteiger partial charge < -0.3 is 10.5 Å². The number of rotatable bonds is 2. The summed E-state index contributed by atoms with van der Waals surface area (Å²) < 4.78 is 6.76. The van der Waals surface area contributed by atoms with E-state index in [-0.39, 0.29) is 0 Å². The Morgan fingerprint density at radius 3 is 2.69 bits per heavy atom. The lowest BCUT2D eigenvalue weighted by Crippen LogP contribution is -1.98. The Balaban J connectivity index is 2.60. The molecule has 0 bridgehead atoms. The molecule has 2 rings (SSSR count). The quantitative estimate of drug-likeness (QED) is 0.872. The maximum absolute atomic E-state index is 6.21. The number of aryl methyl sites for hydroxylation is 1. The highest BCUT2D eigenvalue weighted by Gasteiger charge is 2.13. The van der Waals surface area contributed by atoms with Crippen LogP contribution in [0.1, 0.15) is 0 Å². The lowest BCUT2D eigenvalue weighted by atomic mass is 10.1. The molecule has 0 fully saturated rings. The standard InChI is InChI=1S/C11H12ClN3O/c1-15-11(13)8(6-14-15)7-4-3-5-9(16-2)10(7)12/h3-6H,13H2,1-2H3. The topological polar surface area (TPSA) is 53.1 Å². The lowest BCUT2D eigenvalue weighted by molar-refractivity contribution is 0.415. The van der Waals surface area contributed by atoms with Crippen molar-refractivity contribution in [1.82, 2.24) is 9.78 Å². The molecule has 5 heteroatoms. The van der Waals surface area contributed by atoms with Crippen LogP contribution in [0.15, 0.2) is 24.4 Å². The van der Waals surface area contributed by atoms with E-state index in [4.69, 9.17) is 22.1 Å². The Labute approximate surface area is 98.6 Å². The minimum Gasteiger partial charge on any atom is -0.495 e. The zero-order chi connectivity index (χ0) is 11.7. The van der Waals surface area contributed by atoms with Gasteiger partial charge in [-0.05, 0) is 6.07 Å². The number of anilines is 1. The van der Waals surface area contributed by atoms with Gasteiger partial charge in [0, 0.05) is 18.2 Å². The third-order valence-corrected chi connectivity index (χ3v) is 2.85. The molecule has 0 aliphatic rings. The van der Waals surface area contributed by atoms with Crippen molar-refractivity contribution >= 4 is 17.4 Å². The lowest BCUT2D eigenvalue weighted by Gasteiger charge is -2.07. The van der Waals surface area contributed by atoms with Gasteiger partial charge in [-0.1, -0.05) is 23.7 Å². The van der Waals surface area contributed by atoms with Crippen molar-refractivity contribution in [3.63, 3.8) is 0 Å². The maximum atomic E-state index is 6.21. The molecule has 16 heavy (non-hydrogen) atoms. The molecule has 2 aromatic rings. The molecule has 2 N–H and O–H groups in total. The minimum atomic E-state index is 0.546. The molecule has 0 aliphatic carbocycles. The second kappa shape index (κ2) is 4.06. The van der Waals surface area contributed by atoms with Crippen LogP contribution >= 0.6 is 11.6 Å². The first kappa shape index (κ1) is 10.8. The predicted molar refractivity (Wildman–Crippen MR) is 64.6 cm³/mol. The fourth-order valence-corrected chi connectivity index (χ4v) is 1.84. The molecule has 0 saturated heterocycles. The van der Waals surface area contributed by atoms with Gasteiger partial charge in [-0.2, -0.15) is 5.10 Å². The van der Waals surface area contributed by atoms with Gasteiger partial charge in [-0.3, -0.25) is 4.68 Å². The zero-order valence-corrected chi connectivity index (χ0v) is 9.82. The molecule has 1 heterocycles. The van der Waals surface area contributed by atoms with Crippen molar-refractivity contribution in [2.75, 3.05) is 12.8 Å². The summed E-state index contributed by atoms with van der Waals surface area (Å²) in [6, 6.07) is 5.56. The summed E-state index contributed by atoms with van der Waals surface area (Å²) in [5, 5.41) is 4.63. The molecule has 1 aromatic heterocycles. The van der Waals surface area contributed by atoms with E-state index in [9.17, 15) is 0 Å². The average Bonchev–Trinajstić information content (AvgIpc) is 2.61. The van der Waals surface area contributed by atoms with Crippen LogP contribution < -0.4 is 10.5 Å². The number of nitrogens with zero attached hydrogens (tertiary/aromatic N) is 2. The number of nitrogen functional groups attached to an aromatic ring is 1. The van der Waals surface area contributed by atoms with E-state index in [0.29, 0.717) is 16.6 Å². The first-order valence-corrected chi connectivity index (χ1v) is 5.13. The smallest absolute Gasteiger partial charge is 0.138 e. The molecule has 0 spiro atoms. The van der Waals surface area contributed by atoms with E-state index in [0.717, 1.165) is 11.1 Å². The van der Waals surface area contributed by atoms with E-state index < -0.39 is 0 Å². The summed E-state index contributed by atoms with van der Waals surface area (Å²) in [4.78, 5) is 0. The van der Waals surface area contributed by atoms with Crippen LogP contribution in [0.3, 0.4) is 0 Å². The predicted octanol–water partition coefficient (Wildman–Crippen LogP) is 2.33. The molecular formula is C11H12ClN3O. The van der Waals surface area contributed by atoms with Crippen molar-refractivity contribution in [3.8, 4) is 16.9 Å². The summed E-state index contributed by atoms with van der Waals surface area (Å²) >= 11 is 6.21. The number of nitrogens with two attached hydrogens (primary N) is 1. The van der Waals surface area contributed by atoms with Crippen LogP contribution in [-0.2, 0) is 7.05 Å². The first-order valence-electron chi connectivity index (χ1n) is 4.75. The van der Waals surface area contributed by atoms with E-state index in [1.54, 1.807) is 31.1 Å². The summed E-state index contributed by atoms with van der Waals surface area (Å²) in [5.74, 6) is 1.21. The number of benzene rings is 1. The Hall–Kier alpha value is -1.68. The van der Waals surface area contributed by atoms with Gasteiger partial charge >= 0.3 is 0 Å². The van der Waals surface area contributed by atoms with E-state index in [1.807, 2.05) is 12.1 Å². The third kappa shape index (κ3) is 1.61. The van der Waals surface area contributed by atoms with Crippen molar-refractivity contribution < 1.29 is 4.74 Å². The van der Waals surface area contributed by atoms with Gasteiger partial charge in [0.1, 0.15) is 11.6 Å². The highest BCUT2D eigenvalue weighted by molar-refractivity contribution is 6.35. The Bertz CT molecular complexity index is 522. The van der Waals surface area contributed by atoms with E-state index in [1.165, 1.54) is 0 Å². The fraction of sp³-hybridized carbons (Fsp3) is 0.182. The number of methoxy groups -OCH3 is 1. The molecule has 4 nitrogen and oxygen atoms in total. The van der Waals surface area contributed by atoms with Gasteiger partial charge in [-0.15, -0.1) is 0 Å². The van der Waals surface area contributed by atoms with E-state index >= 15 is 0 Å². The number of halogens is 1. The van der Waals surface area contributed by atoms with Crippen LogP contribution in [0.4, 0.5) is 5.82 Å². The number of hydrogen-bond acceptors (Lipinski definition) is 3. The van der Waals surface area contributed by atoms with E-state index in [2.05, 4.69) is 5.10 Å². The molecule has 0 aliphatic heterocycles. The van der Waals surface area contributed by atoms with Crippen molar-refractivity contribution in [2.45, 2.75) is 0 Å². The maximum Gasteiger partial charge on any atom is 0.138 e. The molecular weight excluding hydrogens is 226 g/mol. The number of ether oxygens (including phenoxy) is 1. The van der Waals surface area contributed by atoms with Gasteiger partial charge in [0.25, 0.3) is 0 Å². The largest absolute Gasteiger partial charge is 0.495 e. The molecule has 0 radical (unpaired) electrons. The molecule has 84 valence electrons. The second-order valence-electron chi connectivity index (χ2n) is 3.39. The second-order valence-corrected chi connectivity index (χ2v) is 3.77. The SMILES string of the molecule is COc1cccc(-c2cnn(C)c2N)c1Cl. The average molecular weight is 238 g/mol. The van der Waals surface area contributed by atoms with Crippen molar-refractivity contribution in [3.05, 3.63) is 29.4 Å². The van der Waals surface area contributed by atoms with Crippen LogP contribution in [0.25, 0.3) is 11.1 Å². The summed E-state index contributed by atoms with van der Waals surface area (Å²) in [6.45, 7) is 0.